The zero-order chi connectivity index (χ0) is 15.6. The molecule has 5 heteroatoms. The van der Waals surface area contributed by atoms with E-state index in [1.807, 2.05) is 34.6 Å². The van der Waals surface area contributed by atoms with Crippen LogP contribution in [0.4, 0.5) is 0 Å². The van der Waals surface area contributed by atoms with Crippen LogP contribution < -0.4 is 5.32 Å². The molecule has 0 aromatic heterocycles. The molecular weight excluding hydrogens is 272 g/mol. The standard InChI is InChI=1S/C15H30N2O2S/c1-11(7-8-20-6)13(18)16-12-9-14(2,3)17(19)15(4,5)10-12/h11-12,19H,7-10H2,1-6H3,(H,16,18). The van der Waals surface area contributed by atoms with Gasteiger partial charge in [-0.3, -0.25) is 4.79 Å². The molecule has 0 saturated carbocycles. The van der Waals surface area contributed by atoms with Crippen molar-refractivity contribution < 1.29 is 10.0 Å². The first kappa shape index (κ1) is 17.8. The van der Waals surface area contributed by atoms with E-state index in [4.69, 9.17) is 0 Å². The summed E-state index contributed by atoms with van der Waals surface area (Å²) in [6.45, 7) is 10.1. The first-order chi connectivity index (χ1) is 9.10. The van der Waals surface area contributed by atoms with Crippen LogP contribution in [0.2, 0.25) is 0 Å². The van der Waals surface area contributed by atoms with E-state index in [0.29, 0.717) is 0 Å². The van der Waals surface area contributed by atoms with E-state index in [2.05, 4.69) is 11.6 Å². The number of hydrogen-bond donors (Lipinski definition) is 2. The lowest BCUT2D eigenvalue weighted by Gasteiger charge is -2.51. The third kappa shape index (κ3) is 4.37. The highest BCUT2D eigenvalue weighted by Gasteiger charge is 2.45. The number of nitrogens with zero attached hydrogens (tertiary/aromatic N) is 1. The van der Waals surface area contributed by atoms with E-state index in [1.165, 1.54) is 5.06 Å². The number of hydrogen-bond acceptors (Lipinski definition) is 4. The molecule has 20 heavy (non-hydrogen) atoms. The maximum Gasteiger partial charge on any atom is 0.223 e. The van der Waals surface area contributed by atoms with E-state index in [0.717, 1.165) is 25.0 Å². The van der Waals surface area contributed by atoms with Gasteiger partial charge in [-0.15, -0.1) is 0 Å². The SMILES string of the molecule is CSCCC(C)C(=O)NC1CC(C)(C)N(O)C(C)(C)C1. The molecule has 0 bridgehead atoms. The number of thioether (sulfide) groups is 1. The molecule has 1 saturated heterocycles. The van der Waals surface area contributed by atoms with E-state index < -0.39 is 0 Å². The Morgan fingerprint density at radius 3 is 2.30 bits per heavy atom. The summed E-state index contributed by atoms with van der Waals surface area (Å²) in [5.74, 6) is 1.21. The summed E-state index contributed by atoms with van der Waals surface area (Å²) in [4.78, 5) is 12.2. The molecule has 1 aliphatic rings. The molecule has 1 heterocycles. The van der Waals surface area contributed by atoms with Crippen LogP contribution in [0.1, 0.15) is 53.9 Å². The summed E-state index contributed by atoms with van der Waals surface area (Å²) in [7, 11) is 0. The fourth-order valence-electron chi connectivity index (χ4n) is 3.14. The van der Waals surface area contributed by atoms with Gasteiger partial charge in [0, 0.05) is 23.0 Å². The molecule has 1 rings (SSSR count). The van der Waals surface area contributed by atoms with Crippen molar-refractivity contribution in [2.45, 2.75) is 71.0 Å². The number of amides is 1. The van der Waals surface area contributed by atoms with Crippen molar-refractivity contribution in [1.29, 1.82) is 0 Å². The molecular formula is C15H30N2O2S. The zero-order valence-corrected chi connectivity index (χ0v) is 14.5. The van der Waals surface area contributed by atoms with E-state index >= 15 is 0 Å². The maximum absolute atomic E-state index is 12.2. The molecule has 0 radical (unpaired) electrons. The van der Waals surface area contributed by atoms with Crippen molar-refractivity contribution in [3.63, 3.8) is 0 Å². The highest BCUT2D eigenvalue weighted by atomic mass is 32.2. The number of carbonyl (C=O) groups excluding carboxylic acids is 1. The highest BCUT2D eigenvalue weighted by molar-refractivity contribution is 7.98. The van der Waals surface area contributed by atoms with Gasteiger partial charge in [0.25, 0.3) is 0 Å². The quantitative estimate of drug-likeness (QED) is 0.820. The second-order valence-electron chi connectivity index (χ2n) is 7.23. The Balaban J connectivity index is 2.62. The van der Waals surface area contributed by atoms with Gasteiger partial charge in [0.15, 0.2) is 0 Å². The predicted octanol–water partition coefficient (Wildman–Crippen LogP) is 2.90. The van der Waals surface area contributed by atoms with Crippen molar-refractivity contribution in [2.75, 3.05) is 12.0 Å². The molecule has 118 valence electrons. The van der Waals surface area contributed by atoms with Crippen molar-refractivity contribution in [3.05, 3.63) is 0 Å². The third-order valence-electron chi connectivity index (χ3n) is 4.19. The van der Waals surface area contributed by atoms with Crippen molar-refractivity contribution >= 4 is 17.7 Å². The minimum Gasteiger partial charge on any atom is -0.353 e. The summed E-state index contributed by atoms with van der Waals surface area (Å²) < 4.78 is 0. The minimum atomic E-state index is -0.317. The molecule has 0 aromatic carbocycles. The van der Waals surface area contributed by atoms with E-state index in [-0.39, 0.29) is 28.9 Å². The average molecular weight is 302 g/mol. The van der Waals surface area contributed by atoms with Crippen LogP contribution in [0.15, 0.2) is 0 Å². The van der Waals surface area contributed by atoms with Crippen molar-refractivity contribution in [2.24, 2.45) is 5.92 Å². The number of carbonyl (C=O) groups is 1. The van der Waals surface area contributed by atoms with Crippen molar-refractivity contribution in [1.82, 2.24) is 10.4 Å². The summed E-state index contributed by atoms with van der Waals surface area (Å²) in [5, 5.41) is 14.9. The molecule has 4 nitrogen and oxygen atoms in total. The maximum atomic E-state index is 12.2. The van der Waals surface area contributed by atoms with E-state index in [1.54, 1.807) is 11.8 Å². The minimum absolute atomic E-state index is 0.0563. The number of nitrogens with one attached hydrogen (secondary N) is 1. The molecule has 1 amide bonds. The molecule has 0 aliphatic carbocycles. The van der Waals surface area contributed by atoms with Gasteiger partial charge in [-0.25, -0.2) is 0 Å². The molecule has 1 aliphatic heterocycles. The fraction of sp³-hybridized carbons (Fsp3) is 0.933. The number of hydroxylamine groups is 2. The average Bonchev–Trinajstić information content (AvgIpc) is 2.32. The van der Waals surface area contributed by atoms with Crippen LogP contribution in [0, 0.1) is 5.92 Å². The number of piperidine rings is 1. The Bertz CT molecular complexity index is 327. The van der Waals surface area contributed by atoms with E-state index in [9.17, 15) is 10.0 Å². The van der Waals surface area contributed by atoms with Crippen LogP contribution in [0.3, 0.4) is 0 Å². The Labute approximate surface area is 127 Å². The number of rotatable bonds is 5. The monoisotopic (exact) mass is 302 g/mol. The van der Waals surface area contributed by atoms with Gasteiger partial charge in [-0.2, -0.15) is 16.8 Å². The lowest BCUT2D eigenvalue weighted by Crippen LogP contribution is -2.63. The van der Waals surface area contributed by atoms with Gasteiger partial charge < -0.3 is 10.5 Å². The van der Waals surface area contributed by atoms with Gasteiger partial charge >= 0.3 is 0 Å². The first-order valence-corrected chi connectivity index (χ1v) is 8.78. The molecule has 0 aromatic rings. The van der Waals surface area contributed by atoms with Crippen LogP contribution >= 0.6 is 11.8 Å². The normalized spacial score (nSPS) is 24.4. The van der Waals surface area contributed by atoms with Crippen LogP contribution in [-0.2, 0) is 4.79 Å². The van der Waals surface area contributed by atoms with Gasteiger partial charge in [0.05, 0.1) is 0 Å². The second kappa shape index (κ2) is 6.67. The summed E-state index contributed by atoms with van der Waals surface area (Å²) >= 11 is 1.77. The fourth-order valence-corrected chi connectivity index (χ4v) is 3.73. The van der Waals surface area contributed by atoms with Gasteiger partial charge in [0.1, 0.15) is 0 Å². The highest BCUT2D eigenvalue weighted by Crippen LogP contribution is 2.36. The van der Waals surface area contributed by atoms with Gasteiger partial charge in [0.2, 0.25) is 5.91 Å². The summed E-state index contributed by atoms with van der Waals surface area (Å²) in [5.41, 5.74) is -0.635. The Hall–Kier alpha value is -0.260. The smallest absolute Gasteiger partial charge is 0.223 e. The Morgan fingerprint density at radius 2 is 1.85 bits per heavy atom. The van der Waals surface area contributed by atoms with Crippen LogP contribution in [0.5, 0.6) is 0 Å². The predicted molar refractivity (Wildman–Crippen MR) is 85.1 cm³/mol. The van der Waals surface area contributed by atoms with Gasteiger partial charge in [-0.05, 0) is 59.0 Å². The lowest BCUT2D eigenvalue weighted by atomic mass is 9.79. The Morgan fingerprint density at radius 1 is 1.35 bits per heavy atom. The Kier molecular flexibility index (Phi) is 5.93. The molecule has 2 N–H and O–H groups in total. The largest absolute Gasteiger partial charge is 0.353 e. The topological polar surface area (TPSA) is 52.6 Å². The van der Waals surface area contributed by atoms with Gasteiger partial charge in [-0.1, -0.05) is 6.92 Å². The van der Waals surface area contributed by atoms with Crippen LogP contribution in [0.25, 0.3) is 0 Å². The molecule has 1 unspecified atom stereocenters. The van der Waals surface area contributed by atoms with Crippen molar-refractivity contribution in [3.8, 4) is 0 Å². The van der Waals surface area contributed by atoms with Crippen LogP contribution in [-0.4, -0.2) is 45.3 Å². The molecule has 1 fully saturated rings. The lowest BCUT2D eigenvalue weighted by molar-refractivity contribution is -0.246. The molecule has 1 atom stereocenters. The first-order valence-electron chi connectivity index (χ1n) is 7.38. The third-order valence-corrected chi connectivity index (χ3v) is 4.83. The second-order valence-corrected chi connectivity index (χ2v) is 8.22. The molecule has 0 spiro atoms. The summed E-state index contributed by atoms with van der Waals surface area (Å²) in [6.07, 6.45) is 4.52. The summed E-state index contributed by atoms with van der Waals surface area (Å²) in [6, 6.07) is 0.132. The zero-order valence-electron chi connectivity index (χ0n) is 13.7.